The number of nitrogens with one attached hydrogen (secondary N) is 1. The molecule has 0 saturated carbocycles. The molecule has 0 bridgehead atoms. The fraction of sp³-hybridized carbons (Fsp3) is 0.474. The molecule has 1 saturated heterocycles. The maximum Gasteiger partial charge on any atom is 0.251 e. The first-order chi connectivity index (χ1) is 11.9. The predicted octanol–water partition coefficient (Wildman–Crippen LogP) is 1.65. The highest BCUT2D eigenvalue weighted by Gasteiger charge is 2.25. The second-order valence-electron chi connectivity index (χ2n) is 7.04. The molecule has 0 spiro atoms. The van der Waals surface area contributed by atoms with Crippen LogP contribution in [0.5, 0.6) is 0 Å². The van der Waals surface area contributed by atoms with Crippen molar-refractivity contribution in [3.05, 3.63) is 53.3 Å². The van der Waals surface area contributed by atoms with Gasteiger partial charge in [0.2, 0.25) is 0 Å². The molecule has 1 aliphatic heterocycles. The van der Waals surface area contributed by atoms with E-state index in [1.165, 1.54) is 12.8 Å². The van der Waals surface area contributed by atoms with Crippen LogP contribution in [-0.4, -0.2) is 45.3 Å². The van der Waals surface area contributed by atoms with Crippen LogP contribution in [0.1, 0.15) is 41.3 Å². The van der Waals surface area contributed by atoms with Gasteiger partial charge in [0.15, 0.2) is 0 Å². The Hall–Kier alpha value is -2.18. The number of carbonyl (C=O) groups excluding carboxylic acids is 1. The number of rotatable bonds is 6. The first-order valence-electron chi connectivity index (χ1n) is 8.75. The van der Waals surface area contributed by atoms with Gasteiger partial charge in [0.25, 0.3) is 5.91 Å². The molecule has 1 fully saturated rings. The van der Waals surface area contributed by atoms with E-state index in [0.717, 1.165) is 25.2 Å². The minimum Gasteiger partial charge on any atom is -0.383 e. The molecule has 0 aliphatic carbocycles. The maximum atomic E-state index is 12.5. The standard InChI is InChI=1S/C19H26N4O2/c1-19(25,17-11-21-22(2)13-17)14-20-18(24)16-7-5-6-15(10-16)12-23-8-3-4-9-23/h5-7,10-11,13,25H,3-4,8-9,12,14H2,1-2H3,(H,20,24). The van der Waals surface area contributed by atoms with Crippen LogP contribution >= 0.6 is 0 Å². The van der Waals surface area contributed by atoms with Crippen molar-refractivity contribution in [3.63, 3.8) is 0 Å². The van der Waals surface area contributed by atoms with Crippen LogP contribution in [0.15, 0.2) is 36.7 Å². The molecule has 1 amide bonds. The third-order valence-corrected chi connectivity index (χ3v) is 4.71. The van der Waals surface area contributed by atoms with Crippen LogP contribution in [-0.2, 0) is 19.2 Å². The summed E-state index contributed by atoms with van der Waals surface area (Å²) in [6, 6.07) is 7.72. The van der Waals surface area contributed by atoms with Crippen molar-refractivity contribution in [2.45, 2.75) is 31.9 Å². The molecular formula is C19H26N4O2. The van der Waals surface area contributed by atoms with Gasteiger partial charge in [0.05, 0.1) is 12.7 Å². The van der Waals surface area contributed by atoms with Gasteiger partial charge in [-0.25, -0.2) is 0 Å². The normalized spacial score (nSPS) is 17.4. The van der Waals surface area contributed by atoms with Gasteiger partial charge in [-0.15, -0.1) is 0 Å². The molecule has 6 nitrogen and oxygen atoms in total. The summed E-state index contributed by atoms with van der Waals surface area (Å²) >= 11 is 0. The lowest BCUT2D eigenvalue weighted by Crippen LogP contribution is -2.38. The van der Waals surface area contributed by atoms with Crippen molar-refractivity contribution in [3.8, 4) is 0 Å². The number of aromatic nitrogens is 2. The lowest BCUT2D eigenvalue weighted by molar-refractivity contribution is 0.0526. The van der Waals surface area contributed by atoms with E-state index >= 15 is 0 Å². The van der Waals surface area contributed by atoms with Crippen molar-refractivity contribution in [1.82, 2.24) is 20.0 Å². The third kappa shape index (κ3) is 4.46. The van der Waals surface area contributed by atoms with E-state index in [4.69, 9.17) is 0 Å². The largest absolute Gasteiger partial charge is 0.383 e. The van der Waals surface area contributed by atoms with Crippen LogP contribution in [0.3, 0.4) is 0 Å². The minimum atomic E-state index is -1.16. The molecule has 134 valence electrons. The van der Waals surface area contributed by atoms with E-state index in [-0.39, 0.29) is 12.5 Å². The molecule has 1 aliphatic rings. The first-order valence-corrected chi connectivity index (χ1v) is 8.75. The van der Waals surface area contributed by atoms with Crippen molar-refractivity contribution in [1.29, 1.82) is 0 Å². The van der Waals surface area contributed by atoms with Crippen LogP contribution in [0.4, 0.5) is 0 Å². The van der Waals surface area contributed by atoms with Gasteiger partial charge in [0.1, 0.15) is 5.60 Å². The maximum absolute atomic E-state index is 12.5. The van der Waals surface area contributed by atoms with E-state index in [1.807, 2.05) is 18.2 Å². The van der Waals surface area contributed by atoms with E-state index in [1.54, 1.807) is 31.0 Å². The van der Waals surface area contributed by atoms with E-state index in [0.29, 0.717) is 11.1 Å². The van der Waals surface area contributed by atoms with Crippen LogP contribution in [0.2, 0.25) is 0 Å². The monoisotopic (exact) mass is 342 g/mol. The fourth-order valence-corrected chi connectivity index (χ4v) is 3.17. The SMILES string of the molecule is Cn1cc(C(C)(O)CNC(=O)c2cccc(CN3CCCC3)c2)cn1. The van der Waals surface area contributed by atoms with Gasteiger partial charge in [-0.2, -0.15) is 5.10 Å². The summed E-state index contributed by atoms with van der Waals surface area (Å²) in [6.07, 6.45) is 5.87. The quantitative estimate of drug-likeness (QED) is 0.837. The van der Waals surface area contributed by atoms with Crippen molar-refractivity contribution in [2.75, 3.05) is 19.6 Å². The smallest absolute Gasteiger partial charge is 0.251 e. The molecule has 1 aromatic heterocycles. The van der Waals surface area contributed by atoms with Gasteiger partial charge in [-0.1, -0.05) is 12.1 Å². The summed E-state index contributed by atoms with van der Waals surface area (Å²) in [5.74, 6) is -0.174. The molecule has 2 heterocycles. The van der Waals surface area contributed by atoms with Crippen LogP contribution in [0.25, 0.3) is 0 Å². The Balaban J connectivity index is 1.61. The number of nitrogens with zero attached hydrogens (tertiary/aromatic N) is 3. The Morgan fingerprint density at radius 3 is 2.80 bits per heavy atom. The summed E-state index contributed by atoms with van der Waals surface area (Å²) in [5, 5.41) is 17.5. The summed E-state index contributed by atoms with van der Waals surface area (Å²) < 4.78 is 1.63. The molecule has 25 heavy (non-hydrogen) atoms. The van der Waals surface area contributed by atoms with Crippen molar-refractivity contribution < 1.29 is 9.90 Å². The number of carbonyl (C=O) groups is 1. The van der Waals surface area contributed by atoms with Crippen LogP contribution < -0.4 is 5.32 Å². The average Bonchev–Trinajstić information content (AvgIpc) is 3.25. The Morgan fingerprint density at radius 2 is 2.12 bits per heavy atom. The molecule has 1 unspecified atom stereocenters. The molecule has 6 heteroatoms. The predicted molar refractivity (Wildman–Crippen MR) is 96.1 cm³/mol. The lowest BCUT2D eigenvalue weighted by Gasteiger charge is -2.22. The highest BCUT2D eigenvalue weighted by Crippen LogP contribution is 2.19. The van der Waals surface area contributed by atoms with Gasteiger partial charge < -0.3 is 10.4 Å². The van der Waals surface area contributed by atoms with Crippen molar-refractivity contribution >= 4 is 5.91 Å². The highest BCUT2D eigenvalue weighted by atomic mass is 16.3. The Morgan fingerprint density at radius 1 is 1.36 bits per heavy atom. The van der Waals surface area contributed by atoms with E-state index < -0.39 is 5.60 Å². The molecule has 1 atom stereocenters. The molecule has 2 N–H and O–H groups in total. The molecule has 0 radical (unpaired) electrons. The molecule has 3 rings (SSSR count). The van der Waals surface area contributed by atoms with Crippen molar-refractivity contribution in [2.24, 2.45) is 7.05 Å². The van der Waals surface area contributed by atoms with Gasteiger partial charge in [-0.3, -0.25) is 14.4 Å². The van der Waals surface area contributed by atoms with E-state index in [2.05, 4.69) is 21.4 Å². The molecular weight excluding hydrogens is 316 g/mol. The first kappa shape index (κ1) is 17.6. The highest BCUT2D eigenvalue weighted by molar-refractivity contribution is 5.94. The van der Waals surface area contributed by atoms with Gasteiger partial charge in [0, 0.05) is 30.9 Å². The van der Waals surface area contributed by atoms with Crippen LogP contribution in [0, 0.1) is 0 Å². The van der Waals surface area contributed by atoms with E-state index in [9.17, 15) is 9.90 Å². The average molecular weight is 342 g/mol. The van der Waals surface area contributed by atoms with Gasteiger partial charge >= 0.3 is 0 Å². The fourth-order valence-electron chi connectivity index (χ4n) is 3.17. The third-order valence-electron chi connectivity index (χ3n) is 4.71. The summed E-state index contributed by atoms with van der Waals surface area (Å²) in [4.78, 5) is 14.9. The number of hydrogen-bond donors (Lipinski definition) is 2. The number of aryl methyl sites for hydroxylation is 1. The zero-order valence-corrected chi connectivity index (χ0v) is 14.9. The van der Waals surface area contributed by atoms with Gasteiger partial charge in [-0.05, 0) is 50.6 Å². The summed E-state index contributed by atoms with van der Waals surface area (Å²) in [6.45, 7) is 4.95. The second kappa shape index (κ2) is 7.37. The second-order valence-corrected chi connectivity index (χ2v) is 7.04. The Kier molecular flexibility index (Phi) is 5.20. The number of amides is 1. The number of aliphatic hydroxyl groups is 1. The zero-order chi connectivity index (χ0) is 17.9. The number of likely N-dealkylation sites (tertiary alicyclic amines) is 1. The topological polar surface area (TPSA) is 70.4 Å². The molecule has 1 aromatic carbocycles. The summed E-state index contributed by atoms with van der Waals surface area (Å²) in [7, 11) is 1.80. The minimum absolute atomic E-state index is 0.133. The summed E-state index contributed by atoms with van der Waals surface area (Å²) in [5.41, 5.74) is 1.29. The Bertz CT molecular complexity index is 733. The number of benzene rings is 1. The Labute approximate surface area is 148 Å². The molecule has 2 aromatic rings. The lowest BCUT2D eigenvalue weighted by atomic mass is 9.99. The zero-order valence-electron chi connectivity index (χ0n) is 14.9. The number of hydrogen-bond acceptors (Lipinski definition) is 4.